The SMILES string of the molecule is CC(C)c1ccc(COC(=O)CNS(=O)(=O)c2cccc(Br)c2)cc1. The summed E-state index contributed by atoms with van der Waals surface area (Å²) < 4.78 is 32.2. The summed E-state index contributed by atoms with van der Waals surface area (Å²) in [5, 5.41) is 0. The molecule has 0 saturated carbocycles. The van der Waals surface area contributed by atoms with E-state index in [0.717, 1.165) is 5.56 Å². The predicted octanol–water partition coefficient (Wildman–Crippen LogP) is 3.59. The second kappa shape index (κ2) is 8.60. The Labute approximate surface area is 156 Å². The molecule has 134 valence electrons. The molecule has 0 atom stereocenters. The molecule has 2 rings (SSSR count). The standard InChI is InChI=1S/C18H20BrNO4S/c1-13(2)15-8-6-14(7-9-15)12-24-18(21)11-20-25(22,23)17-5-3-4-16(19)10-17/h3-10,13,20H,11-12H2,1-2H3. The largest absolute Gasteiger partial charge is 0.460 e. The molecule has 0 saturated heterocycles. The van der Waals surface area contributed by atoms with E-state index in [4.69, 9.17) is 4.74 Å². The van der Waals surface area contributed by atoms with E-state index in [1.54, 1.807) is 12.1 Å². The van der Waals surface area contributed by atoms with Gasteiger partial charge in [0.05, 0.1) is 4.90 Å². The number of ether oxygens (including phenoxy) is 1. The van der Waals surface area contributed by atoms with E-state index >= 15 is 0 Å². The summed E-state index contributed by atoms with van der Waals surface area (Å²) in [5.41, 5.74) is 2.06. The number of carbonyl (C=O) groups excluding carboxylic acids is 1. The van der Waals surface area contributed by atoms with Crippen LogP contribution in [0.3, 0.4) is 0 Å². The Morgan fingerprint density at radius 3 is 2.44 bits per heavy atom. The Balaban J connectivity index is 1.86. The minimum atomic E-state index is -3.76. The summed E-state index contributed by atoms with van der Waals surface area (Å²) >= 11 is 3.22. The molecule has 5 nitrogen and oxygen atoms in total. The first kappa shape index (κ1) is 19.6. The van der Waals surface area contributed by atoms with Crippen LogP contribution in [0.25, 0.3) is 0 Å². The smallest absolute Gasteiger partial charge is 0.321 e. The number of esters is 1. The van der Waals surface area contributed by atoms with Crippen molar-refractivity contribution < 1.29 is 17.9 Å². The van der Waals surface area contributed by atoms with E-state index in [1.807, 2.05) is 24.3 Å². The lowest BCUT2D eigenvalue weighted by molar-refractivity contribution is -0.143. The van der Waals surface area contributed by atoms with E-state index < -0.39 is 22.5 Å². The molecule has 0 unspecified atom stereocenters. The second-order valence-electron chi connectivity index (χ2n) is 5.84. The maximum Gasteiger partial charge on any atom is 0.321 e. The number of carbonyl (C=O) groups is 1. The lowest BCUT2D eigenvalue weighted by atomic mass is 10.0. The first-order chi connectivity index (χ1) is 11.8. The van der Waals surface area contributed by atoms with Gasteiger partial charge in [0.2, 0.25) is 10.0 Å². The summed E-state index contributed by atoms with van der Waals surface area (Å²) in [6.45, 7) is 3.90. The van der Waals surface area contributed by atoms with Crippen LogP contribution in [0.15, 0.2) is 57.9 Å². The van der Waals surface area contributed by atoms with Crippen LogP contribution in [-0.2, 0) is 26.2 Å². The van der Waals surface area contributed by atoms with Crippen molar-refractivity contribution in [3.63, 3.8) is 0 Å². The second-order valence-corrected chi connectivity index (χ2v) is 8.52. The van der Waals surface area contributed by atoms with Crippen LogP contribution < -0.4 is 4.72 Å². The van der Waals surface area contributed by atoms with E-state index in [0.29, 0.717) is 10.4 Å². The van der Waals surface area contributed by atoms with E-state index in [1.165, 1.54) is 17.7 Å². The highest BCUT2D eigenvalue weighted by Gasteiger charge is 2.16. The van der Waals surface area contributed by atoms with Crippen molar-refractivity contribution in [1.82, 2.24) is 4.72 Å². The lowest BCUT2D eigenvalue weighted by Crippen LogP contribution is -2.30. The Hall–Kier alpha value is -1.70. The zero-order chi connectivity index (χ0) is 18.4. The monoisotopic (exact) mass is 425 g/mol. The molecule has 0 aliphatic carbocycles. The Morgan fingerprint density at radius 2 is 1.84 bits per heavy atom. The van der Waals surface area contributed by atoms with Crippen LogP contribution in [0.2, 0.25) is 0 Å². The minimum absolute atomic E-state index is 0.0824. The van der Waals surface area contributed by atoms with Crippen LogP contribution in [0.4, 0.5) is 0 Å². The van der Waals surface area contributed by atoms with Crippen LogP contribution in [-0.4, -0.2) is 20.9 Å². The van der Waals surface area contributed by atoms with Crippen molar-refractivity contribution in [2.24, 2.45) is 0 Å². The molecule has 0 heterocycles. The molecule has 1 N–H and O–H groups in total. The van der Waals surface area contributed by atoms with Gasteiger partial charge in [-0.25, -0.2) is 8.42 Å². The third-order valence-corrected chi connectivity index (χ3v) is 5.45. The average molecular weight is 426 g/mol. The number of benzene rings is 2. The van der Waals surface area contributed by atoms with Gasteiger partial charge in [0.1, 0.15) is 13.2 Å². The van der Waals surface area contributed by atoms with Gasteiger partial charge in [0, 0.05) is 4.47 Å². The van der Waals surface area contributed by atoms with Gasteiger partial charge >= 0.3 is 5.97 Å². The molecular weight excluding hydrogens is 406 g/mol. The molecule has 0 amide bonds. The maximum atomic E-state index is 12.1. The highest BCUT2D eigenvalue weighted by molar-refractivity contribution is 9.10. The van der Waals surface area contributed by atoms with Crippen LogP contribution in [0.1, 0.15) is 30.9 Å². The van der Waals surface area contributed by atoms with E-state index in [-0.39, 0.29) is 11.5 Å². The van der Waals surface area contributed by atoms with Gasteiger partial charge in [0.15, 0.2) is 0 Å². The number of hydrogen-bond donors (Lipinski definition) is 1. The first-order valence-electron chi connectivity index (χ1n) is 7.77. The highest BCUT2D eigenvalue weighted by atomic mass is 79.9. The summed E-state index contributed by atoms with van der Waals surface area (Å²) in [6, 6.07) is 14.0. The molecule has 0 aliphatic heterocycles. The highest BCUT2D eigenvalue weighted by Crippen LogP contribution is 2.16. The third-order valence-electron chi connectivity index (χ3n) is 3.56. The average Bonchev–Trinajstić information content (AvgIpc) is 2.58. The van der Waals surface area contributed by atoms with E-state index in [2.05, 4.69) is 34.5 Å². The fraction of sp³-hybridized carbons (Fsp3) is 0.278. The molecule has 2 aromatic carbocycles. The first-order valence-corrected chi connectivity index (χ1v) is 10.1. The summed E-state index contributed by atoms with van der Waals surface area (Å²) in [5.74, 6) is -0.199. The molecule has 2 aromatic rings. The Morgan fingerprint density at radius 1 is 1.16 bits per heavy atom. The van der Waals surface area contributed by atoms with Gasteiger partial charge in [0.25, 0.3) is 0 Å². The number of rotatable bonds is 7. The molecule has 0 radical (unpaired) electrons. The number of sulfonamides is 1. The van der Waals surface area contributed by atoms with Crippen molar-refractivity contribution in [2.75, 3.05) is 6.54 Å². The third kappa shape index (κ3) is 5.95. The van der Waals surface area contributed by atoms with Gasteiger partial charge < -0.3 is 4.74 Å². The predicted molar refractivity (Wildman–Crippen MR) is 99.7 cm³/mol. The maximum absolute atomic E-state index is 12.1. The lowest BCUT2D eigenvalue weighted by Gasteiger charge is -2.09. The van der Waals surface area contributed by atoms with Gasteiger partial charge in [-0.05, 0) is 35.2 Å². The Kier molecular flexibility index (Phi) is 6.75. The van der Waals surface area contributed by atoms with Crippen LogP contribution >= 0.6 is 15.9 Å². The molecular formula is C18H20BrNO4S. The van der Waals surface area contributed by atoms with Gasteiger partial charge in [-0.15, -0.1) is 0 Å². The molecule has 0 aromatic heterocycles. The fourth-order valence-electron chi connectivity index (χ4n) is 2.09. The molecule has 7 heteroatoms. The zero-order valence-electron chi connectivity index (χ0n) is 14.0. The molecule has 0 spiro atoms. The van der Waals surface area contributed by atoms with Crippen LogP contribution in [0.5, 0.6) is 0 Å². The number of hydrogen-bond acceptors (Lipinski definition) is 4. The quantitative estimate of drug-likeness (QED) is 0.687. The van der Waals surface area contributed by atoms with Crippen molar-refractivity contribution >= 4 is 31.9 Å². The summed E-state index contributed by atoms with van der Waals surface area (Å²) in [6.07, 6.45) is 0. The fourth-order valence-corrected chi connectivity index (χ4v) is 3.65. The minimum Gasteiger partial charge on any atom is -0.460 e. The Bertz CT molecular complexity index is 832. The number of halogens is 1. The molecule has 25 heavy (non-hydrogen) atoms. The zero-order valence-corrected chi connectivity index (χ0v) is 16.4. The molecule has 0 fully saturated rings. The van der Waals surface area contributed by atoms with E-state index in [9.17, 15) is 13.2 Å². The van der Waals surface area contributed by atoms with Crippen molar-refractivity contribution in [3.05, 3.63) is 64.1 Å². The summed E-state index contributed by atoms with van der Waals surface area (Å²) in [4.78, 5) is 11.9. The van der Waals surface area contributed by atoms with Crippen molar-refractivity contribution in [3.8, 4) is 0 Å². The van der Waals surface area contributed by atoms with Crippen molar-refractivity contribution in [1.29, 1.82) is 0 Å². The number of nitrogens with one attached hydrogen (secondary N) is 1. The van der Waals surface area contributed by atoms with Gasteiger partial charge in [-0.3, -0.25) is 4.79 Å². The molecule has 0 bridgehead atoms. The summed E-state index contributed by atoms with van der Waals surface area (Å²) in [7, 11) is -3.76. The van der Waals surface area contributed by atoms with Gasteiger partial charge in [-0.1, -0.05) is 60.1 Å². The molecule has 0 aliphatic rings. The van der Waals surface area contributed by atoms with Gasteiger partial charge in [-0.2, -0.15) is 4.72 Å². The topological polar surface area (TPSA) is 72.5 Å². The normalized spacial score (nSPS) is 11.5. The van der Waals surface area contributed by atoms with Crippen molar-refractivity contribution in [2.45, 2.75) is 31.3 Å². The van der Waals surface area contributed by atoms with Crippen LogP contribution in [0, 0.1) is 0 Å².